The van der Waals surface area contributed by atoms with E-state index >= 15 is 0 Å². The van der Waals surface area contributed by atoms with Gasteiger partial charge >= 0.3 is 0 Å². The molecule has 1 aliphatic heterocycles. The first-order chi connectivity index (χ1) is 14.7. The Morgan fingerprint density at radius 2 is 1.77 bits per heavy atom. The average Bonchev–Trinajstić information content (AvgIpc) is 2.80. The molecule has 2 heterocycles. The van der Waals surface area contributed by atoms with Gasteiger partial charge < -0.3 is 19.3 Å². The minimum Gasteiger partial charge on any atom is -0.481 e. The van der Waals surface area contributed by atoms with Crippen molar-refractivity contribution in [3.63, 3.8) is 0 Å². The van der Waals surface area contributed by atoms with E-state index < -0.39 is 5.82 Å². The van der Waals surface area contributed by atoms with E-state index in [-0.39, 0.29) is 24.4 Å². The van der Waals surface area contributed by atoms with E-state index in [9.17, 15) is 9.18 Å². The maximum Gasteiger partial charge on any atom is 0.260 e. The number of carbonyl (C=O) groups excluding carboxylic acids is 1. The van der Waals surface area contributed by atoms with Crippen molar-refractivity contribution in [1.82, 2.24) is 15.1 Å². The SMILES string of the molecule is O=C(COc1ccccc1F)N1CCN(c2ccc(OC3CCCCC3)nn2)CC1. The number of nitrogens with zero attached hydrogens (tertiary/aromatic N) is 4. The van der Waals surface area contributed by atoms with Gasteiger partial charge in [0, 0.05) is 32.2 Å². The molecule has 4 rings (SSSR count). The molecule has 160 valence electrons. The molecule has 30 heavy (non-hydrogen) atoms. The lowest BCUT2D eigenvalue weighted by Crippen LogP contribution is -2.50. The van der Waals surface area contributed by atoms with E-state index in [1.807, 2.05) is 12.1 Å². The van der Waals surface area contributed by atoms with Crippen LogP contribution in [0.5, 0.6) is 11.6 Å². The molecule has 1 saturated heterocycles. The Kier molecular flexibility index (Phi) is 6.61. The second-order valence-corrected chi connectivity index (χ2v) is 7.69. The third kappa shape index (κ3) is 5.17. The Bertz CT molecular complexity index is 835. The van der Waals surface area contributed by atoms with Crippen LogP contribution in [0.25, 0.3) is 0 Å². The highest BCUT2D eigenvalue weighted by Crippen LogP contribution is 2.23. The largest absolute Gasteiger partial charge is 0.481 e. The van der Waals surface area contributed by atoms with Gasteiger partial charge in [0.2, 0.25) is 5.88 Å². The number of ether oxygens (including phenoxy) is 2. The molecule has 1 saturated carbocycles. The first-order valence-electron chi connectivity index (χ1n) is 10.6. The van der Waals surface area contributed by atoms with Crippen molar-refractivity contribution in [2.24, 2.45) is 0 Å². The lowest BCUT2D eigenvalue weighted by molar-refractivity contribution is -0.133. The number of hydrogen-bond acceptors (Lipinski definition) is 6. The Balaban J connectivity index is 1.23. The van der Waals surface area contributed by atoms with Gasteiger partial charge in [0.25, 0.3) is 5.91 Å². The number of carbonyl (C=O) groups is 1. The minimum absolute atomic E-state index is 0.0929. The molecular weight excluding hydrogens is 387 g/mol. The van der Waals surface area contributed by atoms with Crippen molar-refractivity contribution in [2.45, 2.75) is 38.2 Å². The predicted molar refractivity (Wildman–Crippen MR) is 110 cm³/mol. The van der Waals surface area contributed by atoms with Crippen LogP contribution in [0.3, 0.4) is 0 Å². The Morgan fingerprint density at radius 3 is 2.47 bits per heavy atom. The van der Waals surface area contributed by atoms with Crippen molar-refractivity contribution < 1.29 is 18.7 Å². The van der Waals surface area contributed by atoms with Crippen molar-refractivity contribution >= 4 is 11.7 Å². The Labute approximate surface area is 175 Å². The van der Waals surface area contributed by atoms with Gasteiger partial charge in [-0.3, -0.25) is 4.79 Å². The number of anilines is 1. The summed E-state index contributed by atoms with van der Waals surface area (Å²) in [5, 5.41) is 8.53. The van der Waals surface area contributed by atoms with Gasteiger partial charge in [0.1, 0.15) is 6.10 Å². The van der Waals surface area contributed by atoms with Crippen LogP contribution in [0.15, 0.2) is 36.4 Å². The molecule has 0 spiro atoms. The number of amides is 1. The van der Waals surface area contributed by atoms with E-state index in [0.717, 1.165) is 18.7 Å². The number of rotatable bonds is 6. The molecule has 0 unspecified atom stereocenters. The summed E-state index contributed by atoms with van der Waals surface area (Å²) in [6, 6.07) is 9.88. The lowest BCUT2D eigenvalue weighted by atomic mass is 9.98. The number of para-hydroxylation sites is 1. The van der Waals surface area contributed by atoms with Gasteiger partial charge in [0.15, 0.2) is 24.0 Å². The van der Waals surface area contributed by atoms with Gasteiger partial charge in [-0.2, -0.15) is 0 Å². The third-order valence-electron chi connectivity index (χ3n) is 5.61. The zero-order valence-corrected chi connectivity index (χ0v) is 17.0. The molecule has 1 aliphatic carbocycles. The molecule has 2 aliphatic rings. The van der Waals surface area contributed by atoms with Crippen molar-refractivity contribution in [3.8, 4) is 11.6 Å². The van der Waals surface area contributed by atoms with Gasteiger partial charge in [-0.15, -0.1) is 10.2 Å². The van der Waals surface area contributed by atoms with Crippen molar-refractivity contribution in [2.75, 3.05) is 37.7 Å². The molecule has 0 N–H and O–H groups in total. The third-order valence-corrected chi connectivity index (χ3v) is 5.61. The molecule has 1 aromatic heterocycles. The topological polar surface area (TPSA) is 67.8 Å². The van der Waals surface area contributed by atoms with Gasteiger partial charge in [-0.25, -0.2) is 4.39 Å². The van der Waals surface area contributed by atoms with Gasteiger partial charge in [-0.05, 0) is 43.9 Å². The fourth-order valence-corrected chi connectivity index (χ4v) is 3.88. The Hall–Kier alpha value is -2.90. The van der Waals surface area contributed by atoms with Crippen LogP contribution in [-0.4, -0.2) is 59.9 Å². The van der Waals surface area contributed by atoms with Gasteiger partial charge in [-0.1, -0.05) is 18.6 Å². The second kappa shape index (κ2) is 9.73. The molecule has 1 aromatic carbocycles. The summed E-state index contributed by atoms with van der Waals surface area (Å²) in [5.74, 6) is 0.825. The molecule has 0 atom stereocenters. The summed E-state index contributed by atoms with van der Waals surface area (Å²) in [5.41, 5.74) is 0. The summed E-state index contributed by atoms with van der Waals surface area (Å²) < 4.78 is 24.9. The molecule has 8 heteroatoms. The average molecular weight is 414 g/mol. The predicted octanol–water partition coefficient (Wildman–Crippen LogP) is 3.05. The van der Waals surface area contributed by atoms with E-state index in [1.165, 1.54) is 31.4 Å². The molecule has 2 aromatic rings. The number of piperazine rings is 1. The molecule has 7 nitrogen and oxygen atoms in total. The quantitative estimate of drug-likeness (QED) is 0.724. The molecule has 0 bridgehead atoms. The van der Waals surface area contributed by atoms with Crippen molar-refractivity contribution in [3.05, 3.63) is 42.2 Å². The highest BCUT2D eigenvalue weighted by Gasteiger charge is 2.23. The molecule has 0 radical (unpaired) electrons. The second-order valence-electron chi connectivity index (χ2n) is 7.69. The maximum atomic E-state index is 13.6. The van der Waals surface area contributed by atoms with Crippen LogP contribution in [-0.2, 0) is 4.79 Å². The van der Waals surface area contributed by atoms with E-state index in [0.29, 0.717) is 32.1 Å². The summed E-state index contributed by atoms with van der Waals surface area (Å²) in [4.78, 5) is 16.2. The number of benzene rings is 1. The van der Waals surface area contributed by atoms with E-state index in [4.69, 9.17) is 9.47 Å². The first-order valence-corrected chi connectivity index (χ1v) is 10.6. The van der Waals surface area contributed by atoms with Crippen LogP contribution in [0.2, 0.25) is 0 Å². The highest BCUT2D eigenvalue weighted by molar-refractivity contribution is 5.78. The normalized spacial score (nSPS) is 17.6. The lowest BCUT2D eigenvalue weighted by Gasteiger charge is -2.35. The van der Waals surface area contributed by atoms with Crippen LogP contribution >= 0.6 is 0 Å². The fourth-order valence-electron chi connectivity index (χ4n) is 3.88. The zero-order valence-electron chi connectivity index (χ0n) is 17.0. The summed E-state index contributed by atoms with van der Waals surface area (Å²) in [7, 11) is 0. The number of aromatic nitrogens is 2. The Morgan fingerprint density at radius 1 is 1.00 bits per heavy atom. The fraction of sp³-hybridized carbons (Fsp3) is 0.500. The smallest absolute Gasteiger partial charge is 0.260 e. The van der Waals surface area contributed by atoms with Crippen molar-refractivity contribution in [1.29, 1.82) is 0 Å². The van der Waals surface area contributed by atoms with Gasteiger partial charge in [0.05, 0.1) is 0 Å². The zero-order chi connectivity index (χ0) is 20.8. The molecule has 2 fully saturated rings. The highest BCUT2D eigenvalue weighted by atomic mass is 19.1. The minimum atomic E-state index is -0.468. The van der Waals surface area contributed by atoms with Crippen LogP contribution in [0, 0.1) is 5.82 Å². The number of halogens is 1. The molecule has 1 amide bonds. The first kappa shape index (κ1) is 20.4. The standard InChI is InChI=1S/C22H27FN4O3/c23-18-8-4-5-9-19(18)29-16-22(28)27-14-12-26(13-15-27)20-10-11-21(25-24-20)30-17-6-2-1-3-7-17/h4-5,8-11,17H,1-3,6-7,12-16H2. The van der Waals surface area contributed by atoms with E-state index in [2.05, 4.69) is 15.1 Å². The summed E-state index contributed by atoms with van der Waals surface area (Å²) >= 11 is 0. The van der Waals surface area contributed by atoms with Crippen LogP contribution in [0.4, 0.5) is 10.2 Å². The summed E-state index contributed by atoms with van der Waals surface area (Å²) in [6.45, 7) is 2.25. The van der Waals surface area contributed by atoms with Crippen LogP contribution < -0.4 is 14.4 Å². The summed E-state index contributed by atoms with van der Waals surface area (Å²) in [6.07, 6.45) is 6.13. The monoisotopic (exact) mass is 414 g/mol. The maximum absolute atomic E-state index is 13.6. The van der Waals surface area contributed by atoms with E-state index in [1.54, 1.807) is 17.0 Å². The number of hydrogen-bond donors (Lipinski definition) is 0. The molecular formula is C22H27FN4O3. The van der Waals surface area contributed by atoms with Crippen LogP contribution in [0.1, 0.15) is 32.1 Å².